The molecule has 1 aliphatic heterocycles. The van der Waals surface area contributed by atoms with Gasteiger partial charge < -0.3 is 10.4 Å². The van der Waals surface area contributed by atoms with Gasteiger partial charge in [-0.15, -0.1) is 12.4 Å². The second-order valence-corrected chi connectivity index (χ2v) is 2.96. The Bertz CT molecular complexity index is 118. The van der Waals surface area contributed by atoms with Crippen LogP contribution >= 0.6 is 12.4 Å². The van der Waals surface area contributed by atoms with Gasteiger partial charge in [0.2, 0.25) is 0 Å². The summed E-state index contributed by atoms with van der Waals surface area (Å²) < 4.78 is 0. The fraction of sp³-hybridized carbons (Fsp3) is 1.00. The Labute approximate surface area is 61.0 Å². The van der Waals surface area contributed by atoms with Crippen LogP contribution in [0.3, 0.4) is 0 Å². The summed E-state index contributed by atoms with van der Waals surface area (Å²) in [5.41, 5.74) is -0.217. The summed E-state index contributed by atoms with van der Waals surface area (Å²) in [6.07, 6.45) is 2.01. The summed E-state index contributed by atoms with van der Waals surface area (Å²) in [5, 5.41) is 12.6. The molecule has 3 heteroatoms. The first-order chi connectivity index (χ1) is 3.81. The maximum Gasteiger partial charge on any atom is 0.0705 e. The van der Waals surface area contributed by atoms with E-state index in [9.17, 15) is 5.11 Å². The van der Waals surface area contributed by atoms with Crippen LogP contribution in [0.1, 0.15) is 12.8 Å². The lowest BCUT2D eigenvalue weighted by atomic mass is 10.1. The van der Waals surface area contributed by atoms with E-state index in [0.717, 1.165) is 25.9 Å². The highest BCUT2D eigenvalue weighted by atomic mass is 35.5. The lowest BCUT2D eigenvalue weighted by molar-refractivity contribution is 0.108. The van der Waals surface area contributed by atoms with Crippen molar-refractivity contribution in [1.29, 1.82) is 0 Å². The van der Waals surface area contributed by atoms with Gasteiger partial charge in [0.15, 0.2) is 0 Å². The second kappa shape index (κ2) is 2.11. The number of halogens is 1. The Balaban J connectivity index is 0.000000405. The Morgan fingerprint density at radius 1 is 1.56 bits per heavy atom. The van der Waals surface area contributed by atoms with Crippen LogP contribution in [-0.4, -0.2) is 23.8 Å². The molecule has 2 nitrogen and oxygen atoms in total. The van der Waals surface area contributed by atoms with E-state index in [1.165, 1.54) is 0 Å². The number of aliphatic hydroxyl groups is 1. The predicted molar refractivity (Wildman–Crippen MR) is 37.8 cm³/mol. The highest BCUT2D eigenvalue weighted by molar-refractivity contribution is 5.85. The van der Waals surface area contributed by atoms with Crippen molar-refractivity contribution >= 4 is 12.4 Å². The van der Waals surface area contributed by atoms with Gasteiger partial charge in [0.1, 0.15) is 0 Å². The van der Waals surface area contributed by atoms with Crippen LogP contribution in [-0.2, 0) is 0 Å². The van der Waals surface area contributed by atoms with E-state index in [2.05, 4.69) is 5.32 Å². The molecule has 1 aliphatic carbocycles. The minimum Gasteiger partial charge on any atom is -0.389 e. The molecule has 0 aromatic rings. The third-order valence-corrected chi connectivity index (χ3v) is 2.33. The standard InChI is InChI=1S/C6H11NO.ClH/c8-6-1-2-7-4-5(6)3-6;/h5,7-8H,1-4H2;1H. The fourth-order valence-corrected chi connectivity index (χ4v) is 1.52. The van der Waals surface area contributed by atoms with Gasteiger partial charge in [-0.25, -0.2) is 0 Å². The molecule has 0 aromatic heterocycles. The normalized spacial score (nSPS) is 47.0. The van der Waals surface area contributed by atoms with Crippen molar-refractivity contribution in [3.63, 3.8) is 0 Å². The highest BCUT2D eigenvalue weighted by Crippen LogP contribution is 2.46. The van der Waals surface area contributed by atoms with E-state index in [1.807, 2.05) is 0 Å². The van der Waals surface area contributed by atoms with Crippen LogP contribution in [0.4, 0.5) is 0 Å². The molecule has 54 valence electrons. The first-order valence-electron chi connectivity index (χ1n) is 3.24. The Morgan fingerprint density at radius 3 is 2.78 bits per heavy atom. The molecule has 9 heavy (non-hydrogen) atoms. The van der Waals surface area contributed by atoms with Crippen LogP contribution < -0.4 is 5.32 Å². The van der Waals surface area contributed by atoms with E-state index in [-0.39, 0.29) is 18.0 Å². The Morgan fingerprint density at radius 2 is 2.33 bits per heavy atom. The van der Waals surface area contributed by atoms with Crippen LogP contribution in [0.15, 0.2) is 0 Å². The van der Waals surface area contributed by atoms with Gasteiger partial charge in [0.25, 0.3) is 0 Å². The Hall–Kier alpha value is 0.210. The van der Waals surface area contributed by atoms with E-state index in [0.29, 0.717) is 5.92 Å². The molecule has 0 aromatic carbocycles. The van der Waals surface area contributed by atoms with Crippen LogP contribution in [0, 0.1) is 5.92 Å². The summed E-state index contributed by atoms with van der Waals surface area (Å²) in [7, 11) is 0. The molecule has 2 aliphatic rings. The largest absolute Gasteiger partial charge is 0.389 e. The van der Waals surface area contributed by atoms with Crippen molar-refractivity contribution in [3.05, 3.63) is 0 Å². The van der Waals surface area contributed by atoms with Crippen molar-refractivity contribution in [1.82, 2.24) is 5.32 Å². The molecule has 0 spiro atoms. The maximum absolute atomic E-state index is 9.41. The molecular weight excluding hydrogens is 138 g/mol. The van der Waals surface area contributed by atoms with E-state index in [4.69, 9.17) is 0 Å². The van der Waals surface area contributed by atoms with Gasteiger partial charge in [0.05, 0.1) is 5.60 Å². The quantitative estimate of drug-likeness (QED) is 0.514. The summed E-state index contributed by atoms with van der Waals surface area (Å²) >= 11 is 0. The van der Waals surface area contributed by atoms with Gasteiger partial charge in [-0.1, -0.05) is 0 Å². The minimum absolute atomic E-state index is 0. The second-order valence-electron chi connectivity index (χ2n) is 2.96. The monoisotopic (exact) mass is 149 g/mol. The zero-order chi connectivity index (χ0) is 5.61. The SMILES string of the molecule is Cl.OC12CCNCC1C2. The molecule has 0 amide bonds. The lowest BCUT2D eigenvalue weighted by Crippen LogP contribution is -2.32. The summed E-state index contributed by atoms with van der Waals surface area (Å²) in [6, 6.07) is 0. The van der Waals surface area contributed by atoms with Crippen molar-refractivity contribution in [2.75, 3.05) is 13.1 Å². The van der Waals surface area contributed by atoms with Crippen molar-refractivity contribution in [2.24, 2.45) is 5.92 Å². The molecule has 1 saturated heterocycles. The van der Waals surface area contributed by atoms with Gasteiger partial charge in [0, 0.05) is 12.5 Å². The fourth-order valence-electron chi connectivity index (χ4n) is 1.52. The van der Waals surface area contributed by atoms with Crippen molar-refractivity contribution in [3.8, 4) is 0 Å². The summed E-state index contributed by atoms with van der Waals surface area (Å²) in [6.45, 7) is 2.05. The minimum atomic E-state index is -0.217. The van der Waals surface area contributed by atoms with E-state index in [1.54, 1.807) is 0 Å². The molecule has 2 N–H and O–H groups in total. The third kappa shape index (κ3) is 1.07. The number of hydrogen-bond acceptors (Lipinski definition) is 2. The summed E-state index contributed by atoms with van der Waals surface area (Å²) in [4.78, 5) is 0. The average molecular weight is 150 g/mol. The summed E-state index contributed by atoms with van der Waals surface area (Å²) in [5.74, 6) is 0.594. The lowest BCUT2D eigenvalue weighted by Gasteiger charge is -2.16. The third-order valence-electron chi connectivity index (χ3n) is 2.33. The smallest absolute Gasteiger partial charge is 0.0705 e. The zero-order valence-corrected chi connectivity index (χ0v) is 6.08. The van der Waals surface area contributed by atoms with Crippen LogP contribution in [0.25, 0.3) is 0 Å². The molecule has 2 rings (SSSR count). The zero-order valence-electron chi connectivity index (χ0n) is 5.26. The topological polar surface area (TPSA) is 32.3 Å². The number of piperidine rings is 1. The molecule has 0 radical (unpaired) electrons. The molecular formula is C6H12ClNO. The molecule has 1 saturated carbocycles. The Kier molecular flexibility index (Phi) is 1.72. The van der Waals surface area contributed by atoms with Crippen LogP contribution in [0.2, 0.25) is 0 Å². The first kappa shape index (κ1) is 7.32. The number of fused-ring (bicyclic) bond motifs is 1. The maximum atomic E-state index is 9.41. The average Bonchev–Trinajstić information content (AvgIpc) is 2.39. The van der Waals surface area contributed by atoms with Crippen LogP contribution in [0.5, 0.6) is 0 Å². The highest BCUT2D eigenvalue weighted by Gasteiger charge is 2.53. The predicted octanol–water partition coefficient (Wildman–Crippen LogP) is 0.152. The molecule has 2 fully saturated rings. The molecule has 2 unspecified atom stereocenters. The first-order valence-corrected chi connectivity index (χ1v) is 3.24. The van der Waals surface area contributed by atoms with Crippen molar-refractivity contribution < 1.29 is 5.11 Å². The van der Waals surface area contributed by atoms with Gasteiger partial charge in [-0.3, -0.25) is 0 Å². The molecule has 0 bridgehead atoms. The number of hydrogen-bond donors (Lipinski definition) is 2. The number of rotatable bonds is 0. The van der Waals surface area contributed by atoms with Crippen molar-refractivity contribution in [2.45, 2.75) is 18.4 Å². The molecule has 1 heterocycles. The number of nitrogens with one attached hydrogen (secondary N) is 1. The van der Waals surface area contributed by atoms with Gasteiger partial charge >= 0.3 is 0 Å². The van der Waals surface area contributed by atoms with E-state index >= 15 is 0 Å². The van der Waals surface area contributed by atoms with Gasteiger partial charge in [-0.05, 0) is 19.4 Å². The van der Waals surface area contributed by atoms with E-state index < -0.39 is 0 Å². The molecule has 2 atom stereocenters. The van der Waals surface area contributed by atoms with Gasteiger partial charge in [-0.2, -0.15) is 0 Å².